The van der Waals surface area contributed by atoms with Crippen molar-refractivity contribution in [2.24, 2.45) is 0 Å². The van der Waals surface area contributed by atoms with E-state index in [1.54, 1.807) is 24.3 Å². The number of nitrogen functional groups attached to an aromatic ring is 1. The Balaban J connectivity index is 2.39. The van der Waals surface area contributed by atoms with E-state index >= 15 is 0 Å². The number of hydrogen-bond acceptors (Lipinski definition) is 4. The number of nitrogens with one attached hydrogen (secondary N) is 1. The van der Waals surface area contributed by atoms with Gasteiger partial charge in [-0.15, -0.1) is 0 Å². The minimum absolute atomic E-state index is 0.402. The predicted molar refractivity (Wildman–Crippen MR) is 79.6 cm³/mol. The van der Waals surface area contributed by atoms with Gasteiger partial charge in [0.15, 0.2) is 0 Å². The van der Waals surface area contributed by atoms with Crippen LogP contribution in [0.15, 0.2) is 40.9 Å². The van der Waals surface area contributed by atoms with Gasteiger partial charge in [0.2, 0.25) is 0 Å². The Hall–Kier alpha value is -2.48. The topological polar surface area (TPSA) is 98.3 Å². The molecule has 0 unspecified atom stereocenters. The number of halogens is 2. The molecule has 21 heavy (non-hydrogen) atoms. The monoisotopic (exact) mass is 353 g/mol. The summed E-state index contributed by atoms with van der Waals surface area (Å²) in [5.41, 5.74) is 4.34. The van der Waals surface area contributed by atoms with Gasteiger partial charge in [-0.05, 0) is 24.3 Å². The molecule has 0 aromatic heterocycles. The van der Waals surface area contributed by atoms with Crippen molar-refractivity contribution in [2.45, 2.75) is 0 Å². The average Bonchev–Trinajstić information content (AvgIpc) is 2.38. The lowest BCUT2D eigenvalue weighted by Gasteiger charge is -2.09. The maximum atomic E-state index is 13.8. The SMILES string of the molecule is Nc1c([N+](=O)[O-])ccc(F)c1C(=O)Nc1cccc(Br)c1. The quantitative estimate of drug-likeness (QED) is 0.502. The second-order valence-electron chi connectivity index (χ2n) is 4.08. The molecule has 1 amide bonds. The number of nitro benzene ring substituents is 1. The Morgan fingerprint density at radius 1 is 1.33 bits per heavy atom. The van der Waals surface area contributed by atoms with Gasteiger partial charge in [-0.2, -0.15) is 0 Å². The van der Waals surface area contributed by atoms with E-state index in [0.29, 0.717) is 10.2 Å². The summed E-state index contributed by atoms with van der Waals surface area (Å²) >= 11 is 3.23. The van der Waals surface area contributed by atoms with Crippen LogP contribution in [0.4, 0.5) is 21.5 Å². The highest BCUT2D eigenvalue weighted by Gasteiger charge is 2.23. The third-order valence-corrected chi connectivity index (χ3v) is 3.17. The second-order valence-corrected chi connectivity index (χ2v) is 4.99. The first kappa shape index (κ1) is 14.9. The summed E-state index contributed by atoms with van der Waals surface area (Å²) in [7, 11) is 0. The fourth-order valence-corrected chi connectivity index (χ4v) is 2.13. The number of anilines is 2. The molecule has 0 saturated heterocycles. The lowest BCUT2D eigenvalue weighted by atomic mass is 10.1. The summed E-state index contributed by atoms with van der Waals surface area (Å²) in [6, 6.07) is 8.37. The van der Waals surface area contributed by atoms with E-state index in [4.69, 9.17) is 5.73 Å². The second kappa shape index (κ2) is 5.88. The molecule has 0 bridgehead atoms. The molecule has 0 spiro atoms. The van der Waals surface area contributed by atoms with Crippen molar-refractivity contribution in [2.75, 3.05) is 11.1 Å². The normalized spacial score (nSPS) is 10.2. The number of nitro groups is 1. The Kier molecular flexibility index (Phi) is 4.18. The summed E-state index contributed by atoms with van der Waals surface area (Å²) in [6.07, 6.45) is 0. The van der Waals surface area contributed by atoms with E-state index in [9.17, 15) is 19.3 Å². The van der Waals surface area contributed by atoms with Crippen molar-refractivity contribution < 1.29 is 14.1 Å². The maximum Gasteiger partial charge on any atom is 0.293 e. The van der Waals surface area contributed by atoms with Crippen LogP contribution in [-0.4, -0.2) is 10.8 Å². The molecule has 8 heteroatoms. The van der Waals surface area contributed by atoms with Gasteiger partial charge >= 0.3 is 0 Å². The third-order valence-electron chi connectivity index (χ3n) is 2.68. The molecule has 6 nitrogen and oxygen atoms in total. The number of nitrogens with zero attached hydrogens (tertiary/aromatic N) is 1. The molecule has 2 aromatic carbocycles. The average molecular weight is 354 g/mol. The molecular weight excluding hydrogens is 345 g/mol. The Morgan fingerprint density at radius 3 is 2.67 bits per heavy atom. The standard InChI is InChI=1S/C13H9BrFN3O3/c14-7-2-1-3-8(6-7)17-13(19)11-9(15)4-5-10(12(11)16)18(20)21/h1-6H,16H2,(H,17,19). The minimum atomic E-state index is -0.925. The van der Waals surface area contributed by atoms with Gasteiger partial charge in [-0.3, -0.25) is 14.9 Å². The van der Waals surface area contributed by atoms with Gasteiger partial charge in [0, 0.05) is 16.2 Å². The fourth-order valence-electron chi connectivity index (χ4n) is 1.73. The number of carbonyl (C=O) groups excluding carboxylic acids is 1. The zero-order valence-corrected chi connectivity index (χ0v) is 12.1. The van der Waals surface area contributed by atoms with Crippen LogP contribution in [0.5, 0.6) is 0 Å². The molecular formula is C13H9BrFN3O3. The number of benzene rings is 2. The molecule has 0 atom stereocenters. The number of carbonyl (C=O) groups is 1. The molecule has 2 rings (SSSR count). The van der Waals surface area contributed by atoms with Gasteiger partial charge in [-0.25, -0.2) is 4.39 Å². The van der Waals surface area contributed by atoms with Crippen LogP contribution in [0, 0.1) is 15.9 Å². The van der Waals surface area contributed by atoms with Gasteiger partial charge in [0.05, 0.1) is 4.92 Å². The number of rotatable bonds is 3. The van der Waals surface area contributed by atoms with Crippen LogP contribution in [0.1, 0.15) is 10.4 Å². The molecule has 3 N–H and O–H groups in total. The van der Waals surface area contributed by atoms with Crippen molar-refractivity contribution in [1.82, 2.24) is 0 Å². The summed E-state index contributed by atoms with van der Waals surface area (Å²) in [4.78, 5) is 22.1. The molecule has 0 aliphatic carbocycles. The summed E-state index contributed by atoms with van der Waals surface area (Å²) < 4.78 is 14.5. The van der Waals surface area contributed by atoms with Crippen LogP contribution in [0.2, 0.25) is 0 Å². The minimum Gasteiger partial charge on any atom is -0.392 e. The highest BCUT2D eigenvalue weighted by molar-refractivity contribution is 9.10. The van der Waals surface area contributed by atoms with Crippen LogP contribution in [0.3, 0.4) is 0 Å². The smallest absolute Gasteiger partial charge is 0.293 e. The first-order valence-electron chi connectivity index (χ1n) is 5.69. The van der Waals surface area contributed by atoms with Crippen LogP contribution >= 0.6 is 15.9 Å². The van der Waals surface area contributed by atoms with Crippen LogP contribution in [0.25, 0.3) is 0 Å². The lowest BCUT2D eigenvalue weighted by Crippen LogP contribution is -2.17. The zero-order chi connectivity index (χ0) is 15.6. The molecule has 0 saturated carbocycles. The van der Waals surface area contributed by atoms with E-state index in [1.165, 1.54) is 0 Å². The largest absolute Gasteiger partial charge is 0.392 e. The molecule has 0 fully saturated rings. The first-order chi connectivity index (χ1) is 9.90. The van der Waals surface area contributed by atoms with Gasteiger partial charge in [-0.1, -0.05) is 22.0 Å². The highest BCUT2D eigenvalue weighted by atomic mass is 79.9. The van der Waals surface area contributed by atoms with E-state index < -0.39 is 33.6 Å². The van der Waals surface area contributed by atoms with E-state index in [2.05, 4.69) is 21.2 Å². The molecule has 0 aliphatic rings. The summed E-state index contributed by atoms with van der Waals surface area (Å²) in [5.74, 6) is -1.78. The van der Waals surface area contributed by atoms with Crippen molar-refractivity contribution in [3.63, 3.8) is 0 Å². The van der Waals surface area contributed by atoms with Crippen LogP contribution in [-0.2, 0) is 0 Å². The Bertz CT molecular complexity index is 737. The number of nitrogens with two attached hydrogens (primary N) is 1. The van der Waals surface area contributed by atoms with Gasteiger partial charge in [0.25, 0.3) is 11.6 Å². The van der Waals surface area contributed by atoms with Crippen molar-refractivity contribution in [1.29, 1.82) is 0 Å². The number of amides is 1. The van der Waals surface area contributed by atoms with E-state index in [-0.39, 0.29) is 0 Å². The van der Waals surface area contributed by atoms with Gasteiger partial charge < -0.3 is 11.1 Å². The molecule has 0 radical (unpaired) electrons. The zero-order valence-electron chi connectivity index (χ0n) is 10.5. The molecule has 0 aliphatic heterocycles. The van der Waals surface area contributed by atoms with Crippen molar-refractivity contribution in [3.8, 4) is 0 Å². The number of hydrogen-bond donors (Lipinski definition) is 2. The highest BCUT2D eigenvalue weighted by Crippen LogP contribution is 2.28. The maximum absolute atomic E-state index is 13.8. The Labute approximate surface area is 127 Å². The van der Waals surface area contributed by atoms with Gasteiger partial charge in [0.1, 0.15) is 17.1 Å². The van der Waals surface area contributed by atoms with Crippen molar-refractivity contribution in [3.05, 3.63) is 62.4 Å². The van der Waals surface area contributed by atoms with E-state index in [0.717, 1.165) is 12.1 Å². The van der Waals surface area contributed by atoms with Crippen LogP contribution < -0.4 is 11.1 Å². The molecule has 108 valence electrons. The van der Waals surface area contributed by atoms with E-state index in [1.807, 2.05) is 0 Å². The summed E-state index contributed by atoms with van der Waals surface area (Å²) in [5, 5.41) is 13.2. The Morgan fingerprint density at radius 2 is 2.05 bits per heavy atom. The third kappa shape index (κ3) is 3.16. The van der Waals surface area contributed by atoms with Crippen molar-refractivity contribution >= 4 is 38.9 Å². The molecule has 2 aromatic rings. The molecule has 0 heterocycles. The first-order valence-corrected chi connectivity index (χ1v) is 6.48. The predicted octanol–water partition coefficient (Wildman–Crippen LogP) is 3.33. The fraction of sp³-hybridized carbons (Fsp3) is 0. The summed E-state index contributed by atoms with van der Waals surface area (Å²) in [6.45, 7) is 0. The lowest BCUT2D eigenvalue weighted by molar-refractivity contribution is -0.384.